The normalized spacial score (nSPS) is 12.0. The molecule has 0 aromatic heterocycles. The standard InChI is InChI=1S/C10H11BrNO5/c1-16-10(14)7-4-9(12(15)17-2)6(5-13)3-8(7)11/h3-5,10,14H,1-2H3/q+1. The van der Waals surface area contributed by atoms with E-state index in [1.54, 1.807) is 0 Å². The van der Waals surface area contributed by atoms with Crippen LogP contribution in [0.4, 0.5) is 5.69 Å². The number of hydrogen-bond acceptors (Lipinski definition) is 5. The molecule has 1 rings (SSSR count). The SMILES string of the molecule is COC(O)c1cc([N+](=O)OC)c(C=O)cc1Br. The Balaban J connectivity index is 3.37. The molecule has 0 aliphatic heterocycles. The molecular formula is C10H11BrNO5+. The van der Waals surface area contributed by atoms with E-state index in [1.807, 2.05) is 0 Å². The molecule has 0 spiro atoms. The molecule has 1 aromatic carbocycles. The molecule has 0 saturated carbocycles. The van der Waals surface area contributed by atoms with E-state index in [1.165, 1.54) is 26.4 Å². The quantitative estimate of drug-likeness (QED) is 0.510. The van der Waals surface area contributed by atoms with Crippen molar-refractivity contribution in [3.8, 4) is 0 Å². The van der Waals surface area contributed by atoms with E-state index in [0.29, 0.717) is 16.3 Å². The van der Waals surface area contributed by atoms with E-state index in [0.717, 1.165) is 0 Å². The largest absolute Gasteiger partial charge is 0.364 e. The van der Waals surface area contributed by atoms with E-state index in [2.05, 4.69) is 20.8 Å². The molecule has 0 aliphatic carbocycles. The van der Waals surface area contributed by atoms with Crippen molar-refractivity contribution in [2.75, 3.05) is 14.2 Å². The first-order valence-electron chi connectivity index (χ1n) is 4.56. The molecule has 1 unspecified atom stereocenters. The van der Waals surface area contributed by atoms with E-state index < -0.39 is 6.29 Å². The van der Waals surface area contributed by atoms with E-state index >= 15 is 0 Å². The summed E-state index contributed by atoms with van der Waals surface area (Å²) in [7, 11) is 2.49. The summed E-state index contributed by atoms with van der Waals surface area (Å²) in [5.41, 5.74) is 0.462. The van der Waals surface area contributed by atoms with Crippen molar-refractivity contribution in [1.29, 1.82) is 0 Å². The summed E-state index contributed by atoms with van der Waals surface area (Å²) in [4.78, 5) is 26.8. The fourth-order valence-corrected chi connectivity index (χ4v) is 1.82. The first-order chi connectivity index (χ1) is 8.04. The molecule has 7 heteroatoms. The van der Waals surface area contributed by atoms with Crippen LogP contribution in [0.3, 0.4) is 0 Å². The number of methoxy groups -OCH3 is 1. The van der Waals surface area contributed by atoms with Gasteiger partial charge in [-0.3, -0.25) is 4.79 Å². The lowest BCUT2D eigenvalue weighted by molar-refractivity contribution is -0.736. The number of ether oxygens (including phenoxy) is 1. The van der Waals surface area contributed by atoms with Gasteiger partial charge in [0, 0.05) is 23.2 Å². The predicted molar refractivity (Wildman–Crippen MR) is 61.8 cm³/mol. The number of benzene rings is 1. The molecule has 0 heterocycles. The van der Waals surface area contributed by atoms with Gasteiger partial charge in [-0.15, -0.1) is 0 Å². The molecule has 17 heavy (non-hydrogen) atoms. The molecule has 1 N–H and O–H groups in total. The van der Waals surface area contributed by atoms with Crippen molar-refractivity contribution in [2.24, 2.45) is 0 Å². The highest BCUT2D eigenvalue weighted by Gasteiger charge is 2.25. The maximum atomic E-state index is 11.4. The minimum Gasteiger partial charge on any atom is -0.364 e. The summed E-state index contributed by atoms with van der Waals surface area (Å²) in [6.45, 7) is 0. The van der Waals surface area contributed by atoms with Gasteiger partial charge in [-0.2, -0.15) is 0 Å². The number of carbonyl (C=O) groups is 1. The highest BCUT2D eigenvalue weighted by Crippen LogP contribution is 2.30. The summed E-state index contributed by atoms with van der Waals surface area (Å²) >= 11 is 3.17. The molecule has 0 amide bonds. The molecule has 0 aliphatic rings. The molecule has 0 radical (unpaired) electrons. The molecule has 6 nitrogen and oxygen atoms in total. The van der Waals surface area contributed by atoms with Crippen LogP contribution in [0.15, 0.2) is 16.6 Å². The van der Waals surface area contributed by atoms with Gasteiger partial charge in [0.1, 0.15) is 0 Å². The average Bonchev–Trinajstić information content (AvgIpc) is 2.36. The van der Waals surface area contributed by atoms with Crippen molar-refractivity contribution in [3.63, 3.8) is 0 Å². The van der Waals surface area contributed by atoms with Crippen LogP contribution in [0.2, 0.25) is 0 Å². The van der Waals surface area contributed by atoms with Gasteiger partial charge in [0.25, 0.3) is 4.92 Å². The van der Waals surface area contributed by atoms with Gasteiger partial charge < -0.3 is 9.84 Å². The minimum atomic E-state index is -1.20. The maximum absolute atomic E-state index is 11.4. The summed E-state index contributed by atoms with van der Waals surface area (Å²) in [6, 6.07) is 2.72. The minimum absolute atomic E-state index is 0.00296. The third-order valence-corrected chi connectivity index (χ3v) is 2.81. The fraction of sp³-hybridized carbons (Fsp3) is 0.300. The van der Waals surface area contributed by atoms with Crippen LogP contribution in [-0.2, 0) is 9.57 Å². The Morgan fingerprint density at radius 3 is 2.59 bits per heavy atom. The Labute approximate surface area is 106 Å². The second-order valence-electron chi connectivity index (χ2n) is 3.08. The molecule has 0 saturated heterocycles. The van der Waals surface area contributed by atoms with Crippen LogP contribution < -0.4 is 0 Å². The van der Waals surface area contributed by atoms with Crippen molar-refractivity contribution in [3.05, 3.63) is 32.6 Å². The Morgan fingerprint density at radius 2 is 2.12 bits per heavy atom. The Kier molecular flexibility index (Phi) is 4.73. The third-order valence-electron chi connectivity index (χ3n) is 2.12. The zero-order chi connectivity index (χ0) is 13.0. The number of aliphatic hydroxyl groups is 1. The second-order valence-corrected chi connectivity index (χ2v) is 3.93. The van der Waals surface area contributed by atoms with Gasteiger partial charge in [-0.25, -0.2) is 4.84 Å². The van der Waals surface area contributed by atoms with E-state index in [-0.39, 0.29) is 16.2 Å². The van der Waals surface area contributed by atoms with Gasteiger partial charge in [0.2, 0.25) is 0 Å². The number of aliphatic hydroxyl groups excluding tert-OH is 1. The average molecular weight is 305 g/mol. The Bertz CT molecular complexity index is 449. The first-order valence-corrected chi connectivity index (χ1v) is 5.35. The fourth-order valence-electron chi connectivity index (χ4n) is 1.26. The zero-order valence-electron chi connectivity index (χ0n) is 9.21. The van der Waals surface area contributed by atoms with E-state index in [4.69, 9.17) is 4.74 Å². The number of nitrogens with zero attached hydrogens (tertiary/aromatic N) is 1. The predicted octanol–water partition coefficient (Wildman–Crippen LogP) is 1.87. The topological polar surface area (TPSA) is 75.8 Å². The van der Waals surface area contributed by atoms with Gasteiger partial charge in [0.15, 0.2) is 19.7 Å². The summed E-state index contributed by atoms with van der Waals surface area (Å²) in [5, 5.41) is 9.55. The zero-order valence-corrected chi connectivity index (χ0v) is 10.8. The maximum Gasteiger partial charge on any atom is 0.327 e. The molecule has 1 atom stereocenters. The summed E-state index contributed by atoms with van der Waals surface area (Å²) < 4.78 is 5.20. The third kappa shape index (κ3) is 2.87. The molecule has 0 fully saturated rings. The number of carbonyl (C=O) groups excluding carboxylic acids is 1. The van der Waals surface area contributed by atoms with E-state index in [9.17, 15) is 14.8 Å². The van der Waals surface area contributed by atoms with Crippen molar-refractivity contribution >= 4 is 27.9 Å². The van der Waals surface area contributed by atoms with Crippen LogP contribution in [0, 0.1) is 4.91 Å². The van der Waals surface area contributed by atoms with Crippen LogP contribution in [-0.4, -0.2) is 30.5 Å². The lowest BCUT2D eigenvalue weighted by Gasteiger charge is -2.10. The number of rotatable bonds is 5. The highest BCUT2D eigenvalue weighted by molar-refractivity contribution is 9.10. The van der Waals surface area contributed by atoms with Crippen molar-refractivity contribution in [1.82, 2.24) is 0 Å². The second kappa shape index (κ2) is 5.85. The molecule has 0 bridgehead atoms. The van der Waals surface area contributed by atoms with Crippen LogP contribution in [0.1, 0.15) is 22.2 Å². The Morgan fingerprint density at radius 1 is 1.47 bits per heavy atom. The Hall–Kier alpha value is -1.31. The molecule has 1 aromatic rings. The summed E-state index contributed by atoms with van der Waals surface area (Å²) in [6.07, 6.45) is -0.679. The number of halogens is 1. The lowest BCUT2D eigenvalue weighted by Crippen LogP contribution is -2.06. The number of hydrogen-bond donors (Lipinski definition) is 1. The van der Waals surface area contributed by atoms with Crippen LogP contribution in [0.5, 0.6) is 0 Å². The number of aldehydes is 1. The van der Waals surface area contributed by atoms with Gasteiger partial charge in [0.05, 0.1) is 10.5 Å². The van der Waals surface area contributed by atoms with Crippen molar-refractivity contribution < 1.29 is 24.4 Å². The monoisotopic (exact) mass is 304 g/mol. The summed E-state index contributed by atoms with van der Waals surface area (Å²) in [5.74, 6) is 0. The van der Waals surface area contributed by atoms with Gasteiger partial charge >= 0.3 is 5.69 Å². The lowest BCUT2D eigenvalue weighted by atomic mass is 10.1. The molecular weight excluding hydrogens is 294 g/mol. The molecule has 92 valence electrons. The highest BCUT2D eigenvalue weighted by atomic mass is 79.9. The van der Waals surface area contributed by atoms with Crippen LogP contribution >= 0.6 is 15.9 Å². The van der Waals surface area contributed by atoms with Crippen molar-refractivity contribution in [2.45, 2.75) is 6.29 Å². The smallest absolute Gasteiger partial charge is 0.327 e. The first kappa shape index (κ1) is 13.8. The van der Waals surface area contributed by atoms with Crippen LogP contribution in [0.25, 0.3) is 0 Å². The van der Waals surface area contributed by atoms with Gasteiger partial charge in [-0.1, -0.05) is 15.9 Å². The van der Waals surface area contributed by atoms with Gasteiger partial charge in [-0.05, 0) is 6.07 Å².